The van der Waals surface area contributed by atoms with Crippen molar-refractivity contribution >= 4 is 11.9 Å². The zero-order valence-corrected chi connectivity index (χ0v) is 8.27. The molecule has 7 heteroatoms. The van der Waals surface area contributed by atoms with Crippen molar-refractivity contribution in [3.05, 3.63) is 35.4 Å². The molecule has 92 valence electrons. The van der Waals surface area contributed by atoms with Crippen LogP contribution < -0.4 is 0 Å². The molecule has 4 nitrogen and oxygen atoms in total. The van der Waals surface area contributed by atoms with Crippen molar-refractivity contribution in [1.82, 2.24) is 0 Å². The fraction of sp³-hybridized carbons (Fsp3) is 0.200. The standard InChI is InChI=1S/C10H7F3O4/c11-7(12)8(13)17-10(16)6-4-2-1-3-5(6)9(14)15/h1-4,7-8H,(H,14,15). The topological polar surface area (TPSA) is 63.6 Å². The van der Waals surface area contributed by atoms with Crippen LogP contribution in [0.15, 0.2) is 24.3 Å². The highest BCUT2D eigenvalue weighted by molar-refractivity contribution is 6.02. The van der Waals surface area contributed by atoms with Crippen LogP contribution in [-0.4, -0.2) is 29.8 Å². The van der Waals surface area contributed by atoms with Crippen LogP contribution in [0.4, 0.5) is 13.2 Å². The van der Waals surface area contributed by atoms with Gasteiger partial charge in [-0.25, -0.2) is 18.4 Å². The first-order chi connectivity index (χ1) is 7.93. The molecule has 1 N–H and O–H groups in total. The number of carboxylic acid groups (broad SMARTS) is 1. The van der Waals surface area contributed by atoms with Crippen LogP contribution in [0.25, 0.3) is 0 Å². The molecule has 17 heavy (non-hydrogen) atoms. The summed E-state index contributed by atoms with van der Waals surface area (Å²) in [7, 11) is 0. The van der Waals surface area contributed by atoms with Crippen LogP contribution in [0.5, 0.6) is 0 Å². The minimum atomic E-state index is -3.48. The minimum Gasteiger partial charge on any atom is -0.478 e. The van der Waals surface area contributed by atoms with Crippen molar-refractivity contribution in [3.8, 4) is 0 Å². The van der Waals surface area contributed by atoms with Crippen molar-refractivity contribution in [1.29, 1.82) is 0 Å². The normalized spacial score (nSPS) is 12.2. The van der Waals surface area contributed by atoms with Gasteiger partial charge in [0.25, 0.3) is 0 Å². The Hall–Kier alpha value is -2.05. The zero-order valence-electron chi connectivity index (χ0n) is 8.27. The first kappa shape index (κ1) is 13.0. The lowest BCUT2D eigenvalue weighted by molar-refractivity contribution is -0.0971. The van der Waals surface area contributed by atoms with Crippen LogP contribution >= 0.6 is 0 Å². The predicted molar refractivity (Wildman–Crippen MR) is 49.7 cm³/mol. The number of aromatic carboxylic acids is 1. The number of carbonyl (C=O) groups excluding carboxylic acids is 1. The summed E-state index contributed by atoms with van der Waals surface area (Å²) in [6.07, 6.45) is -6.56. The van der Waals surface area contributed by atoms with Crippen LogP contribution in [0.3, 0.4) is 0 Å². The summed E-state index contributed by atoms with van der Waals surface area (Å²) in [5, 5.41) is 8.71. The molecule has 0 aliphatic heterocycles. The average Bonchev–Trinajstić information content (AvgIpc) is 2.28. The summed E-state index contributed by atoms with van der Waals surface area (Å²) >= 11 is 0. The number of rotatable bonds is 4. The van der Waals surface area contributed by atoms with E-state index in [0.29, 0.717) is 0 Å². The van der Waals surface area contributed by atoms with E-state index in [1.165, 1.54) is 12.1 Å². The minimum absolute atomic E-state index is 0.445. The summed E-state index contributed by atoms with van der Waals surface area (Å²) in [6, 6.07) is 4.76. The Balaban J connectivity index is 2.93. The summed E-state index contributed by atoms with van der Waals surface area (Å²) < 4.78 is 39.8. The van der Waals surface area contributed by atoms with E-state index < -0.39 is 35.8 Å². The Morgan fingerprint density at radius 1 is 1.12 bits per heavy atom. The fourth-order valence-corrected chi connectivity index (χ4v) is 1.06. The molecule has 0 bridgehead atoms. The van der Waals surface area contributed by atoms with Gasteiger partial charge < -0.3 is 9.84 Å². The van der Waals surface area contributed by atoms with E-state index in [2.05, 4.69) is 4.74 Å². The van der Waals surface area contributed by atoms with Gasteiger partial charge in [-0.1, -0.05) is 12.1 Å². The Labute approximate surface area is 93.6 Å². The second-order valence-electron chi connectivity index (χ2n) is 2.94. The molecular formula is C10H7F3O4. The molecule has 0 fully saturated rings. The van der Waals surface area contributed by atoms with Crippen molar-refractivity contribution in [2.24, 2.45) is 0 Å². The number of halogens is 3. The summed E-state index contributed by atoms with van der Waals surface area (Å²) in [6.45, 7) is 0. The Morgan fingerprint density at radius 3 is 2.12 bits per heavy atom. The van der Waals surface area contributed by atoms with E-state index in [9.17, 15) is 22.8 Å². The maximum absolute atomic E-state index is 12.5. The molecule has 1 atom stereocenters. The molecule has 1 unspecified atom stereocenters. The van der Waals surface area contributed by atoms with Gasteiger partial charge in [-0.15, -0.1) is 0 Å². The summed E-state index contributed by atoms with van der Waals surface area (Å²) in [5.41, 5.74) is -0.928. The molecule has 0 aromatic heterocycles. The number of benzene rings is 1. The third kappa shape index (κ3) is 3.20. The van der Waals surface area contributed by atoms with E-state index in [-0.39, 0.29) is 0 Å². The van der Waals surface area contributed by atoms with Crippen LogP contribution in [-0.2, 0) is 4.74 Å². The molecule has 0 spiro atoms. The molecule has 0 aliphatic carbocycles. The number of carbonyl (C=O) groups is 2. The highest BCUT2D eigenvalue weighted by atomic mass is 19.3. The molecule has 1 aromatic carbocycles. The van der Waals surface area contributed by atoms with Gasteiger partial charge >= 0.3 is 24.7 Å². The second-order valence-corrected chi connectivity index (χ2v) is 2.94. The smallest absolute Gasteiger partial charge is 0.341 e. The quantitative estimate of drug-likeness (QED) is 0.829. The van der Waals surface area contributed by atoms with Gasteiger partial charge in [-0.3, -0.25) is 0 Å². The van der Waals surface area contributed by atoms with Gasteiger partial charge in [-0.2, -0.15) is 4.39 Å². The Morgan fingerprint density at radius 2 is 1.65 bits per heavy atom. The van der Waals surface area contributed by atoms with Gasteiger partial charge in [0.1, 0.15) is 0 Å². The number of hydrogen-bond donors (Lipinski definition) is 1. The first-order valence-electron chi connectivity index (χ1n) is 4.39. The lowest BCUT2D eigenvalue weighted by atomic mass is 10.1. The summed E-state index contributed by atoms with van der Waals surface area (Å²) in [4.78, 5) is 21.9. The van der Waals surface area contributed by atoms with Crippen molar-refractivity contribution < 1.29 is 32.6 Å². The second kappa shape index (κ2) is 5.33. The molecule has 1 aromatic rings. The van der Waals surface area contributed by atoms with Crippen LogP contribution in [0, 0.1) is 0 Å². The van der Waals surface area contributed by atoms with E-state index in [0.717, 1.165) is 12.1 Å². The molecule has 0 radical (unpaired) electrons. The largest absolute Gasteiger partial charge is 0.478 e. The highest BCUT2D eigenvalue weighted by Crippen LogP contribution is 2.14. The Bertz CT molecular complexity index is 433. The van der Waals surface area contributed by atoms with Gasteiger partial charge in [0, 0.05) is 0 Å². The third-order valence-electron chi connectivity index (χ3n) is 1.80. The SMILES string of the molecule is O=C(O)c1ccccc1C(=O)OC(F)C(F)F. The van der Waals surface area contributed by atoms with Gasteiger partial charge in [0.05, 0.1) is 11.1 Å². The summed E-state index contributed by atoms with van der Waals surface area (Å²) in [5.74, 6) is -2.89. The van der Waals surface area contributed by atoms with E-state index in [1.807, 2.05) is 0 Å². The van der Waals surface area contributed by atoms with Gasteiger partial charge in [-0.05, 0) is 12.1 Å². The highest BCUT2D eigenvalue weighted by Gasteiger charge is 2.26. The maximum Gasteiger partial charge on any atom is 0.341 e. The zero-order chi connectivity index (χ0) is 13.0. The number of ether oxygens (including phenoxy) is 1. The van der Waals surface area contributed by atoms with E-state index in [4.69, 9.17) is 5.11 Å². The van der Waals surface area contributed by atoms with Crippen molar-refractivity contribution in [3.63, 3.8) is 0 Å². The lowest BCUT2D eigenvalue weighted by Gasteiger charge is -2.10. The molecule has 0 amide bonds. The number of esters is 1. The number of alkyl halides is 3. The van der Waals surface area contributed by atoms with E-state index in [1.54, 1.807) is 0 Å². The molecule has 0 aliphatic rings. The molecule has 1 rings (SSSR count). The number of carboxylic acids is 1. The lowest BCUT2D eigenvalue weighted by Crippen LogP contribution is -2.22. The first-order valence-corrected chi connectivity index (χ1v) is 4.39. The third-order valence-corrected chi connectivity index (χ3v) is 1.80. The van der Waals surface area contributed by atoms with Crippen LogP contribution in [0.2, 0.25) is 0 Å². The van der Waals surface area contributed by atoms with Gasteiger partial charge in [0.15, 0.2) is 0 Å². The monoisotopic (exact) mass is 248 g/mol. The maximum atomic E-state index is 12.5. The van der Waals surface area contributed by atoms with E-state index >= 15 is 0 Å². The molecule has 0 saturated carbocycles. The van der Waals surface area contributed by atoms with Crippen molar-refractivity contribution in [2.45, 2.75) is 12.8 Å². The Kier molecular flexibility index (Phi) is 4.08. The molecule has 0 saturated heterocycles. The average molecular weight is 248 g/mol. The van der Waals surface area contributed by atoms with Gasteiger partial charge in [0.2, 0.25) is 0 Å². The molecule has 0 heterocycles. The predicted octanol–water partition coefficient (Wildman–Crippen LogP) is 2.10. The number of hydrogen-bond acceptors (Lipinski definition) is 3. The van der Waals surface area contributed by atoms with Crippen LogP contribution in [0.1, 0.15) is 20.7 Å². The fourth-order valence-electron chi connectivity index (χ4n) is 1.06. The van der Waals surface area contributed by atoms with Crippen molar-refractivity contribution in [2.75, 3.05) is 0 Å². The molecular weight excluding hydrogens is 241 g/mol.